The van der Waals surface area contributed by atoms with E-state index in [-0.39, 0.29) is 6.04 Å². The summed E-state index contributed by atoms with van der Waals surface area (Å²) in [7, 11) is 0. The van der Waals surface area contributed by atoms with Gasteiger partial charge in [-0.1, -0.05) is 5.16 Å². The van der Waals surface area contributed by atoms with Crippen LogP contribution in [0, 0.1) is 6.92 Å². The van der Waals surface area contributed by atoms with Crippen LogP contribution >= 0.6 is 0 Å². The van der Waals surface area contributed by atoms with Gasteiger partial charge in [-0.3, -0.25) is 0 Å². The van der Waals surface area contributed by atoms with Gasteiger partial charge in [0.1, 0.15) is 0 Å². The second-order valence-electron chi connectivity index (χ2n) is 3.87. The van der Waals surface area contributed by atoms with E-state index in [0.717, 1.165) is 25.1 Å². The van der Waals surface area contributed by atoms with Crippen molar-refractivity contribution in [1.29, 1.82) is 0 Å². The summed E-state index contributed by atoms with van der Waals surface area (Å²) in [6, 6.07) is 0.209. The molecule has 0 spiro atoms. The zero-order valence-electron chi connectivity index (χ0n) is 8.93. The van der Waals surface area contributed by atoms with E-state index < -0.39 is 0 Å². The molecule has 0 saturated carbocycles. The van der Waals surface area contributed by atoms with E-state index in [0.29, 0.717) is 17.5 Å². The second-order valence-corrected chi connectivity index (χ2v) is 3.87. The van der Waals surface area contributed by atoms with Crippen LogP contribution in [0.3, 0.4) is 0 Å². The second kappa shape index (κ2) is 3.71. The lowest BCUT2D eigenvalue weighted by Crippen LogP contribution is -2.14. The van der Waals surface area contributed by atoms with Crippen LogP contribution in [0.5, 0.6) is 0 Å². The normalized spacial score (nSPS) is 20.4. The lowest BCUT2D eigenvalue weighted by Gasteiger charge is -2.01. The minimum Gasteiger partial charge on any atom is -0.438 e. The first kappa shape index (κ1) is 9.53. The highest BCUT2D eigenvalue weighted by Crippen LogP contribution is 2.25. The third kappa shape index (κ3) is 1.51. The van der Waals surface area contributed by atoms with Gasteiger partial charge < -0.3 is 14.3 Å². The maximum atomic E-state index is 5.20. The number of nitrogens with one attached hydrogen (secondary N) is 1. The summed E-state index contributed by atoms with van der Waals surface area (Å²) in [6.45, 7) is 2.85. The van der Waals surface area contributed by atoms with Gasteiger partial charge in [-0.2, -0.15) is 4.98 Å². The molecule has 1 aliphatic rings. The molecule has 1 N–H and O–H groups in total. The quantitative estimate of drug-likeness (QED) is 0.825. The summed E-state index contributed by atoms with van der Waals surface area (Å²) in [5, 5.41) is 7.27. The number of oxazole rings is 1. The summed E-state index contributed by atoms with van der Waals surface area (Å²) in [5.74, 6) is 1.65. The van der Waals surface area contributed by atoms with Crippen molar-refractivity contribution in [3.63, 3.8) is 0 Å². The zero-order valence-corrected chi connectivity index (χ0v) is 8.93. The van der Waals surface area contributed by atoms with Gasteiger partial charge in [0.15, 0.2) is 12.2 Å². The summed E-state index contributed by atoms with van der Waals surface area (Å²) in [5.41, 5.74) is 0.759. The number of rotatable bonds is 2. The van der Waals surface area contributed by atoms with E-state index in [4.69, 9.17) is 8.94 Å². The van der Waals surface area contributed by atoms with Crippen LogP contribution in [0.15, 0.2) is 15.3 Å². The highest BCUT2D eigenvalue weighted by Gasteiger charge is 2.23. The molecule has 1 saturated heterocycles. The van der Waals surface area contributed by atoms with E-state index in [9.17, 15) is 0 Å². The first-order chi connectivity index (χ1) is 7.84. The maximum absolute atomic E-state index is 5.20. The first-order valence-corrected chi connectivity index (χ1v) is 5.32. The van der Waals surface area contributed by atoms with Crippen LogP contribution in [-0.4, -0.2) is 21.7 Å². The van der Waals surface area contributed by atoms with Crippen LogP contribution in [0.25, 0.3) is 11.7 Å². The van der Waals surface area contributed by atoms with E-state index in [1.54, 1.807) is 0 Å². The van der Waals surface area contributed by atoms with Crippen LogP contribution < -0.4 is 5.32 Å². The standard InChI is InChI=1S/C10H12N4O2/c1-6-8(15-5-12-6)10-13-9(14-16-10)7-3-2-4-11-7/h5,7,11H,2-4H2,1H3. The number of nitrogens with zero attached hydrogens (tertiary/aromatic N) is 3. The third-order valence-electron chi connectivity index (χ3n) is 2.75. The smallest absolute Gasteiger partial charge is 0.295 e. The molecule has 3 heterocycles. The molecular weight excluding hydrogens is 208 g/mol. The monoisotopic (exact) mass is 220 g/mol. The molecule has 6 heteroatoms. The van der Waals surface area contributed by atoms with Crippen molar-refractivity contribution in [2.45, 2.75) is 25.8 Å². The van der Waals surface area contributed by atoms with E-state index in [1.165, 1.54) is 6.39 Å². The first-order valence-electron chi connectivity index (χ1n) is 5.32. The lowest BCUT2D eigenvalue weighted by molar-refractivity contribution is 0.400. The predicted octanol–water partition coefficient (Wildman–Crippen LogP) is 1.46. The van der Waals surface area contributed by atoms with Gasteiger partial charge in [0, 0.05) is 0 Å². The van der Waals surface area contributed by atoms with E-state index >= 15 is 0 Å². The number of hydrogen-bond donors (Lipinski definition) is 1. The molecule has 84 valence electrons. The van der Waals surface area contributed by atoms with Gasteiger partial charge in [0.25, 0.3) is 5.89 Å². The van der Waals surface area contributed by atoms with Crippen LogP contribution in [0.1, 0.15) is 30.4 Å². The summed E-state index contributed by atoms with van der Waals surface area (Å²) >= 11 is 0. The molecule has 2 aromatic rings. The van der Waals surface area contributed by atoms with Gasteiger partial charge in [-0.05, 0) is 26.3 Å². The highest BCUT2D eigenvalue weighted by molar-refractivity contribution is 5.46. The Balaban J connectivity index is 1.90. The molecular formula is C10H12N4O2. The summed E-state index contributed by atoms with van der Waals surface area (Å²) in [6.07, 6.45) is 3.58. The van der Waals surface area contributed by atoms with Crippen LogP contribution in [-0.2, 0) is 0 Å². The fourth-order valence-electron chi connectivity index (χ4n) is 1.88. The van der Waals surface area contributed by atoms with Gasteiger partial charge >= 0.3 is 0 Å². The molecule has 6 nitrogen and oxygen atoms in total. The van der Waals surface area contributed by atoms with Gasteiger partial charge in [-0.25, -0.2) is 4.98 Å². The number of aromatic nitrogens is 3. The van der Waals surface area contributed by atoms with Crippen molar-refractivity contribution in [2.75, 3.05) is 6.54 Å². The van der Waals surface area contributed by atoms with E-state index in [1.807, 2.05) is 6.92 Å². The lowest BCUT2D eigenvalue weighted by atomic mass is 10.2. The molecule has 0 amide bonds. The average Bonchev–Trinajstić information content (AvgIpc) is 2.96. The molecule has 1 fully saturated rings. The number of aryl methyl sites for hydroxylation is 1. The van der Waals surface area contributed by atoms with Gasteiger partial charge in [-0.15, -0.1) is 0 Å². The average molecular weight is 220 g/mol. The topological polar surface area (TPSA) is 77.0 Å². The molecule has 1 atom stereocenters. The van der Waals surface area contributed by atoms with Crippen LogP contribution in [0.4, 0.5) is 0 Å². The van der Waals surface area contributed by atoms with Crippen molar-refractivity contribution >= 4 is 0 Å². The van der Waals surface area contributed by atoms with Crippen LogP contribution in [0.2, 0.25) is 0 Å². The zero-order chi connectivity index (χ0) is 11.0. The molecule has 0 aliphatic carbocycles. The predicted molar refractivity (Wildman–Crippen MR) is 54.5 cm³/mol. The Morgan fingerprint density at radius 1 is 1.50 bits per heavy atom. The molecule has 0 aromatic carbocycles. The summed E-state index contributed by atoms with van der Waals surface area (Å²) < 4.78 is 10.4. The molecule has 3 rings (SSSR count). The molecule has 0 bridgehead atoms. The van der Waals surface area contributed by atoms with E-state index in [2.05, 4.69) is 20.4 Å². The van der Waals surface area contributed by atoms with Crippen molar-refractivity contribution in [2.24, 2.45) is 0 Å². The fraction of sp³-hybridized carbons (Fsp3) is 0.500. The molecule has 0 radical (unpaired) electrons. The highest BCUT2D eigenvalue weighted by atomic mass is 16.5. The largest absolute Gasteiger partial charge is 0.438 e. The summed E-state index contributed by atoms with van der Waals surface area (Å²) in [4.78, 5) is 8.31. The number of hydrogen-bond acceptors (Lipinski definition) is 6. The van der Waals surface area contributed by atoms with Crippen molar-refractivity contribution < 1.29 is 8.94 Å². The molecule has 1 unspecified atom stereocenters. The molecule has 2 aromatic heterocycles. The van der Waals surface area contributed by atoms with Gasteiger partial charge in [0.05, 0.1) is 11.7 Å². The SMILES string of the molecule is Cc1ncoc1-c1nc(C2CCCN2)no1. The Hall–Kier alpha value is -1.69. The fourth-order valence-corrected chi connectivity index (χ4v) is 1.88. The van der Waals surface area contributed by atoms with Crippen molar-refractivity contribution in [3.8, 4) is 11.7 Å². The molecule has 16 heavy (non-hydrogen) atoms. The Morgan fingerprint density at radius 3 is 3.12 bits per heavy atom. The molecule has 1 aliphatic heterocycles. The Labute approximate surface area is 92.1 Å². The Morgan fingerprint density at radius 2 is 2.44 bits per heavy atom. The minimum atomic E-state index is 0.209. The Kier molecular flexibility index (Phi) is 2.21. The van der Waals surface area contributed by atoms with Gasteiger partial charge in [0.2, 0.25) is 5.76 Å². The maximum Gasteiger partial charge on any atom is 0.295 e. The third-order valence-corrected chi connectivity index (χ3v) is 2.75. The van der Waals surface area contributed by atoms with Crippen molar-refractivity contribution in [1.82, 2.24) is 20.4 Å². The Bertz CT molecular complexity index is 484. The minimum absolute atomic E-state index is 0.209. The van der Waals surface area contributed by atoms with Crippen molar-refractivity contribution in [3.05, 3.63) is 17.9 Å².